The average molecular weight is 242 g/mol. The van der Waals surface area contributed by atoms with Gasteiger partial charge in [0, 0.05) is 26.2 Å². The monoisotopic (exact) mass is 242 g/mol. The molecule has 4 heteroatoms. The van der Waals surface area contributed by atoms with Crippen molar-refractivity contribution in [2.75, 3.05) is 26.2 Å². The first-order chi connectivity index (χ1) is 8.06. The van der Waals surface area contributed by atoms with E-state index in [-0.39, 0.29) is 12.0 Å². The van der Waals surface area contributed by atoms with Gasteiger partial charge in [-0.05, 0) is 25.2 Å². The highest BCUT2D eigenvalue weighted by molar-refractivity contribution is 5.76. The van der Waals surface area contributed by atoms with Gasteiger partial charge in [0.2, 0.25) is 5.91 Å². The fraction of sp³-hybridized carbons (Fsp3) is 0.923. The number of nitrogens with two attached hydrogens (primary N) is 1. The largest absolute Gasteiger partial charge is 0.377 e. The van der Waals surface area contributed by atoms with Crippen LogP contribution in [0.1, 0.15) is 33.6 Å². The predicted molar refractivity (Wildman–Crippen MR) is 68.6 cm³/mol. The molecule has 0 spiro atoms. The Kier molecular flexibility index (Phi) is 5.92. The van der Waals surface area contributed by atoms with Crippen LogP contribution in [0.5, 0.6) is 0 Å². The van der Waals surface area contributed by atoms with Crippen molar-refractivity contribution in [2.24, 2.45) is 17.6 Å². The third-order valence-corrected chi connectivity index (χ3v) is 3.29. The lowest BCUT2D eigenvalue weighted by Crippen LogP contribution is -2.44. The lowest BCUT2D eigenvalue weighted by atomic mass is 9.91. The van der Waals surface area contributed by atoms with E-state index < -0.39 is 0 Å². The molecule has 0 radical (unpaired) electrons. The lowest BCUT2D eigenvalue weighted by Gasteiger charge is -2.35. The van der Waals surface area contributed by atoms with Gasteiger partial charge in [-0.3, -0.25) is 4.79 Å². The van der Waals surface area contributed by atoms with Gasteiger partial charge in [0.15, 0.2) is 0 Å². The zero-order chi connectivity index (χ0) is 12.8. The molecule has 0 aromatic carbocycles. The number of ether oxygens (including phenoxy) is 1. The Hall–Kier alpha value is -0.610. The minimum Gasteiger partial charge on any atom is -0.377 e. The van der Waals surface area contributed by atoms with Gasteiger partial charge < -0.3 is 15.4 Å². The smallest absolute Gasteiger partial charge is 0.225 e. The zero-order valence-electron chi connectivity index (χ0n) is 11.3. The van der Waals surface area contributed by atoms with E-state index in [1.54, 1.807) is 0 Å². The summed E-state index contributed by atoms with van der Waals surface area (Å²) < 4.78 is 5.43. The van der Waals surface area contributed by atoms with E-state index in [2.05, 4.69) is 13.8 Å². The van der Waals surface area contributed by atoms with Crippen molar-refractivity contribution in [3.63, 3.8) is 0 Å². The number of rotatable bonds is 5. The summed E-state index contributed by atoms with van der Waals surface area (Å²) in [4.78, 5) is 14.1. The highest BCUT2D eigenvalue weighted by atomic mass is 16.5. The topological polar surface area (TPSA) is 55.6 Å². The van der Waals surface area contributed by atoms with Crippen LogP contribution in [0.25, 0.3) is 0 Å². The number of carbonyl (C=O) groups is 1. The van der Waals surface area contributed by atoms with E-state index in [9.17, 15) is 4.79 Å². The van der Waals surface area contributed by atoms with Gasteiger partial charge in [-0.25, -0.2) is 0 Å². The third-order valence-electron chi connectivity index (χ3n) is 3.29. The number of hydrogen-bond acceptors (Lipinski definition) is 3. The minimum atomic E-state index is -0.125. The molecular weight excluding hydrogens is 216 g/mol. The molecule has 1 aliphatic heterocycles. The van der Waals surface area contributed by atoms with Gasteiger partial charge in [-0.1, -0.05) is 13.8 Å². The van der Waals surface area contributed by atoms with E-state index in [1.807, 2.05) is 11.8 Å². The number of amides is 1. The van der Waals surface area contributed by atoms with Crippen LogP contribution < -0.4 is 5.73 Å². The highest BCUT2D eigenvalue weighted by Crippen LogP contribution is 2.21. The van der Waals surface area contributed by atoms with Crippen LogP contribution in [0.2, 0.25) is 0 Å². The molecule has 1 fully saturated rings. The van der Waals surface area contributed by atoms with Crippen LogP contribution in [0.15, 0.2) is 0 Å². The van der Waals surface area contributed by atoms with Crippen molar-refractivity contribution in [2.45, 2.75) is 39.7 Å². The van der Waals surface area contributed by atoms with E-state index in [0.29, 0.717) is 31.4 Å². The van der Waals surface area contributed by atoms with Crippen molar-refractivity contribution in [1.29, 1.82) is 0 Å². The lowest BCUT2D eigenvalue weighted by molar-refractivity contribution is -0.136. The molecule has 1 saturated heterocycles. The second-order valence-corrected chi connectivity index (χ2v) is 5.26. The van der Waals surface area contributed by atoms with E-state index in [1.165, 1.54) is 6.42 Å². The van der Waals surface area contributed by atoms with Crippen LogP contribution in [0.3, 0.4) is 0 Å². The Morgan fingerprint density at radius 3 is 2.47 bits per heavy atom. The predicted octanol–water partition coefficient (Wildman–Crippen LogP) is 1.24. The maximum Gasteiger partial charge on any atom is 0.225 e. The van der Waals surface area contributed by atoms with Crippen LogP contribution in [0.4, 0.5) is 0 Å². The van der Waals surface area contributed by atoms with Crippen molar-refractivity contribution >= 4 is 5.91 Å². The van der Waals surface area contributed by atoms with Gasteiger partial charge >= 0.3 is 0 Å². The third kappa shape index (κ3) is 4.64. The summed E-state index contributed by atoms with van der Waals surface area (Å²) in [5.74, 6) is 1.39. The Morgan fingerprint density at radius 1 is 1.41 bits per heavy atom. The van der Waals surface area contributed by atoms with Gasteiger partial charge in [-0.15, -0.1) is 0 Å². The quantitative estimate of drug-likeness (QED) is 0.789. The first-order valence-electron chi connectivity index (χ1n) is 6.66. The Bertz CT molecular complexity index is 236. The average Bonchev–Trinajstić information content (AvgIpc) is 2.27. The van der Waals surface area contributed by atoms with Crippen LogP contribution >= 0.6 is 0 Å². The summed E-state index contributed by atoms with van der Waals surface area (Å²) in [6.45, 7) is 9.13. The van der Waals surface area contributed by atoms with Crippen molar-refractivity contribution in [1.82, 2.24) is 4.90 Å². The maximum atomic E-state index is 12.1. The summed E-state index contributed by atoms with van der Waals surface area (Å²) in [7, 11) is 0. The molecule has 0 aliphatic carbocycles. The van der Waals surface area contributed by atoms with Crippen molar-refractivity contribution in [3.8, 4) is 0 Å². The van der Waals surface area contributed by atoms with E-state index in [0.717, 1.165) is 13.1 Å². The van der Waals surface area contributed by atoms with Gasteiger partial charge in [-0.2, -0.15) is 0 Å². The molecule has 100 valence electrons. The Labute approximate surface area is 104 Å². The normalized spacial score (nSPS) is 26.9. The first kappa shape index (κ1) is 14.5. The standard InChI is InChI=1S/C13H26N2O2/c1-4-17-12(7-14)6-13(16)15-8-10(2)5-11(3)9-15/h10-12H,4-9,14H2,1-3H3. The minimum absolute atomic E-state index is 0.125. The summed E-state index contributed by atoms with van der Waals surface area (Å²) in [6, 6.07) is 0. The fourth-order valence-corrected chi connectivity index (χ4v) is 2.64. The molecule has 1 amide bonds. The summed E-state index contributed by atoms with van der Waals surface area (Å²) in [5.41, 5.74) is 5.60. The maximum absolute atomic E-state index is 12.1. The molecule has 0 aromatic rings. The van der Waals surface area contributed by atoms with Crippen LogP contribution in [-0.2, 0) is 9.53 Å². The molecule has 3 unspecified atom stereocenters. The van der Waals surface area contributed by atoms with E-state index in [4.69, 9.17) is 10.5 Å². The summed E-state index contributed by atoms with van der Waals surface area (Å²) in [6.07, 6.45) is 1.51. The summed E-state index contributed by atoms with van der Waals surface area (Å²) in [5, 5.41) is 0. The molecule has 1 heterocycles. The Balaban J connectivity index is 2.45. The molecule has 4 nitrogen and oxygen atoms in total. The molecular formula is C13H26N2O2. The number of hydrogen-bond donors (Lipinski definition) is 1. The molecule has 1 aliphatic rings. The second-order valence-electron chi connectivity index (χ2n) is 5.26. The highest BCUT2D eigenvalue weighted by Gasteiger charge is 2.26. The second kappa shape index (κ2) is 6.97. The molecule has 0 bridgehead atoms. The van der Waals surface area contributed by atoms with Crippen LogP contribution in [-0.4, -0.2) is 43.2 Å². The number of nitrogens with zero attached hydrogens (tertiary/aromatic N) is 1. The van der Waals surface area contributed by atoms with Gasteiger partial charge in [0.05, 0.1) is 12.5 Å². The molecule has 3 atom stereocenters. The molecule has 0 aromatic heterocycles. The molecule has 2 N–H and O–H groups in total. The number of piperidine rings is 1. The van der Waals surface area contributed by atoms with Crippen LogP contribution in [0, 0.1) is 11.8 Å². The fourth-order valence-electron chi connectivity index (χ4n) is 2.64. The van der Waals surface area contributed by atoms with Gasteiger partial charge in [0.1, 0.15) is 0 Å². The Morgan fingerprint density at radius 2 is 2.00 bits per heavy atom. The van der Waals surface area contributed by atoms with E-state index >= 15 is 0 Å². The number of carbonyl (C=O) groups excluding carboxylic acids is 1. The molecule has 17 heavy (non-hydrogen) atoms. The zero-order valence-corrected chi connectivity index (χ0v) is 11.3. The summed E-state index contributed by atoms with van der Waals surface area (Å²) >= 11 is 0. The first-order valence-corrected chi connectivity index (χ1v) is 6.66. The van der Waals surface area contributed by atoms with Crippen molar-refractivity contribution < 1.29 is 9.53 Å². The molecule has 1 rings (SSSR count). The van der Waals surface area contributed by atoms with Gasteiger partial charge in [0.25, 0.3) is 0 Å². The SMILES string of the molecule is CCOC(CN)CC(=O)N1CC(C)CC(C)C1. The van der Waals surface area contributed by atoms with Crippen molar-refractivity contribution in [3.05, 3.63) is 0 Å². The number of likely N-dealkylation sites (tertiary alicyclic amines) is 1. The molecule has 0 saturated carbocycles.